The summed E-state index contributed by atoms with van der Waals surface area (Å²) in [7, 11) is 0. The van der Waals surface area contributed by atoms with Crippen molar-refractivity contribution in [2.75, 3.05) is 16.8 Å². The first kappa shape index (κ1) is 21.6. The van der Waals surface area contributed by atoms with E-state index in [2.05, 4.69) is 15.5 Å². The normalized spacial score (nSPS) is 15.5. The van der Waals surface area contributed by atoms with Gasteiger partial charge in [0.25, 0.3) is 5.89 Å². The van der Waals surface area contributed by atoms with Gasteiger partial charge in [-0.1, -0.05) is 64.8 Å². The van der Waals surface area contributed by atoms with Gasteiger partial charge in [0.1, 0.15) is 0 Å². The molecule has 0 bridgehead atoms. The van der Waals surface area contributed by atoms with Crippen LogP contribution < -0.4 is 10.2 Å². The van der Waals surface area contributed by atoms with Crippen LogP contribution in [0.1, 0.15) is 17.5 Å². The lowest BCUT2D eigenvalue weighted by molar-refractivity contribution is -0.122. The van der Waals surface area contributed by atoms with Crippen LogP contribution in [0.4, 0.5) is 11.4 Å². The highest BCUT2D eigenvalue weighted by Crippen LogP contribution is 2.31. The first-order valence-corrected chi connectivity index (χ1v) is 11.2. The SMILES string of the molecule is Cc1ccc(-c2noc(-c3ccccc3NC(=O)[C@H]3CC(=O)N(c4ccc(C)cc4)C3)n2)cc1. The lowest BCUT2D eigenvalue weighted by Crippen LogP contribution is -2.28. The average molecular weight is 453 g/mol. The minimum atomic E-state index is -0.451. The summed E-state index contributed by atoms with van der Waals surface area (Å²) in [6.07, 6.45) is 0.167. The fourth-order valence-corrected chi connectivity index (χ4v) is 4.02. The Morgan fingerprint density at radius 3 is 2.38 bits per heavy atom. The van der Waals surface area contributed by atoms with Crippen LogP contribution in [0.25, 0.3) is 22.8 Å². The Kier molecular flexibility index (Phi) is 5.67. The van der Waals surface area contributed by atoms with E-state index < -0.39 is 5.92 Å². The zero-order chi connectivity index (χ0) is 23.7. The third kappa shape index (κ3) is 4.32. The number of hydrogen-bond acceptors (Lipinski definition) is 5. The van der Waals surface area contributed by atoms with Crippen LogP contribution in [-0.4, -0.2) is 28.5 Å². The molecule has 1 aromatic heterocycles. The summed E-state index contributed by atoms with van der Waals surface area (Å²) in [5, 5.41) is 7.06. The molecule has 0 saturated carbocycles. The molecule has 2 amide bonds. The Hall–Kier alpha value is -4.26. The summed E-state index contributed by atoms with van der Waals surface area (Å²) in [5.41, 5.74) is 5.11. The van der Waals surface area contributed by atoms with Gasteiger partial charge in [0.2, 0.25) is 17.6 Å². The topological polar surface area (TPSA) is 88.3 Å². The third-order valence-electron chi connectivity index (χ3n) is 5.99. The molecular formula is C27H24N4O3. The number of nitrogens with one attached hydrogen (secondary N) is 1. The Bertz CT molecular complexity index is 1340. The minimum absolute atomic E-state index is 0.0584. The highest BCUT2D eigenvalue weighted by atomic mass is 16.5. The highest BCUT2D eigenvalue weighted by Gasteiger charge is 2.35. The van der Waals surface area contributed by atoms with Crippen LogP contribution in [0.5, 0.6) is 0 Å². The molecule has 1 aliphatic heterocycles. The second kappa shape index (κ2) is 8.94. The smallest absolute Gasteiger partial charge is 0.260 e. The lowest BCUT2D eigenvalue weighted by atomic mass is 10.1. The van der Waals surface area contributed by atoms with Gasteiger partial charge in [0.15, 0.2) is 0 Å². The van der Waals surface area contributed by atoms with E-state index in [1.807, 2.05) is 80.6 Å². The number of rotatable bonds is 5. The van der Waals surface area contributed by atoms with Gasteiger partial charge in [0, 0.05) is 24.2 Å². The maximum Gasteiger partial charge on any atom is 0.260 e. The van der Waals surface area contributed by atoms with Crippen LogP contribution in [0, 0.1) is 19.8 Å². The number of nitrogens with zero attached hydrogens (tertiary/aromatic N) is 3. The minimum Gasteiger partial charge on any atom is -0.334 e. The molecule has 0 aliphatic carbocycles. The number of para-hydroxylation sites is 1. The maximum absolute atomic E-state index is 13.1. The van der Waals surface area contributed by atoms with E-state index in [4.69, 9.17) is 4.52 Å². The molecule has 1 N–H and O–H groups in total. The van der Waals surface area contributed by atoms with Crippen LogP contribution in [0.3, 0.4) is 0 Å². The molecule has 0 unspecified atom stereocenters. The molecule has 170 valence electrons. The molecule has 7 heteroatoms. The Morgan fingerprint density at radius 2 is 1.65 bits per heavy atom. The summed E-state index contributed by atoms with van der Waals surface area (Å²) < 4.78 is 5.51. The number of carbonyl (C=O) groups is 2. The summed E-state index contributed by atoms with van der Waals surface area (Å²) >= 11 is 0. The van der Waals surface area contributed by atoms with E-state index in [0.29, 0.717) is 29.5 Å². The molecule has 2 heterocycles. The first-order chi connectivity index (χ1) is 16.5. The number of benzene rings is 3. The molecule has 7 nitrogen and oxygen atoms in total. The predicted molar refractivity (Wildman–Crippen MR) is 130 cm³/mol. The molecule has 1 saturated heterocycles. The molecule has 0 radical (unpaired) electrons. The van der Waals surface area contributed by atoms with Gasteiger partial charge in [-0.2, -0.15) is 4.98 Å². The van der Waals surface area contributed by atoms with Crippen molar-refractivity contribution in [2.45, 2.75) is 20.3 Å². The van der Waals surface area contributed by atoms with Crippen molar-refractivity contribution in [1.29, 1.82) is 0 Å². The number of carbonyl (C=O) groups excluding carboxylic acids is 2. The second-order valence-electron chi connectivity index (χ2n) is 8.56. The van der Waals surface area contributed by atoms with E-state index >= 15 is 0 Å². The van der Waals surface area contributed by atoms with E-state index in [1.54, 1.807) is 11.0 Å². The highest BCUT2D eigenvalue weighted by molar-refractivity contribution is 6.04. The van der Waals surface area contributed by atoms with Crippen LogP contribution in [-0.2, 0) is 9.59 Å². The van der Waals surface area contributed by atoms with Gasteiger partial charge in [0.05, 0.1) is 17.2 Å². The Balaban J connectivity index is 1.33. The third-order valence-corrected chi connectivity index (χ3v) is 5.99. The van der Waals surface area contributed by atoms with E-state index in [-0.39, 0.29) is 18.2 Å². The van der Waals surface area contributed by atoms with Gasteiger partial charge in [-0.15, -0.1) is 0 Å². The average Bonchev–Trinajstić information content (AvgIpc) is 3.48. The van der Waals surface area contributed by atoms with E-state index in [9.17, 15) is 9.59 Å². The Labute approximate surface area is 197 Å². The quantitative estimate of drug-likeness (QED) is 0.460. The standard InChI is InChI=1S/C27H24N4O3/c1-17-7-11-19(12-8-17)25-29-27(34-30-25)22-5-3-4-6-23(22)28-26(33)20-15-24(32)31(16-20)21-13-9-18(2)10-14-21/h3-14,20H,15-16H2,1-2H3,(H,28,33)/t20-/m0/s1. The van der Waals surface area contributed by atoms with E-state index in [1.165, 1.54) is 0 Å². The largest absolute Gasteiger partial charge is 0.334 e. The number of aryl methyl sites for hydroxylation is 2. The monoisotopic (exact) mass is 452 g/mol. The molecule has 4 aromatic rings. The van der Waals surface area contributed by atoms with Gasteiger partial charge in [-0.3, -0.25) is 9.59 Å². The zero-order valence-electron chi connectivity index (χ0n) is 19.0. The summed E-state index contributed by atoms with van der Waals surface area (Å²) in [6.45, 7) is 4.35. The number of amides is 2. The van der Waals surface area contributed by atoms with Crippen molar-refractivity contribution in [2.24, 2.45) is 5.92 Å². The molecule has 1 aliphatic rings. The van der Waals surface area contributed by atoms with Crippen molar-refractivity contribution < 1.29 is 14.1 Å². The van der Waals surface area contributed by atoms with Crippen LogP contribution in [0.2, 0.25) is 0 Å². The summed E-state index contributed by atoms with van der Waals surface area (Å²) in [6, 6.07) is 22.9. The number of anilines is 2. The fraction of sp³-hybridized carbons (Fsp3) is 0.185. The fourth-order valence-electron chi connectivity index (χ4n) is 4.02. The number of aromatic nitrogens is 2. The molecule has 1 atom stereocenters. The van der Waals surface area contributed by atoms with E-state index in [0.717, 1.165) is 22.4 Å². The van der Waals surface area contributed by atoms with Gasteiger partial charge >= 0.3 is 0 Å². The zero-order valence-corrected chi connectivity index (χ0v) is 19.0. The Morgan fingerprint density at radius 1 is 0.971 bits per heavy atom. The van der Waals surface area contributed by atoms with Crippen molar-refractivity contribution >= 4 is 23.2 Å². The molecule has 3 aromatic carbocycles. The van der Waals surface area contributed by atoms with Crippen LogP contribution >= 0.6 is 0 Å². The van der Waals surface area contributed by atoms with Crippen molar-refractivity contribution in [3.8, 4) is 22.8 Å². The second-order valence-corrected chi connectivity index (χ2v) is 8.56. The van der Waals surface area contributed by atoms with Gasteiger partial charge < -0.3 is 14.7 Å². The molecule has 5 rings (SSSR count). The molecule has 34 heavy (non-hydrogen) atoms. The summed E-state index contributed by atoms with van der Waals surface area (Å²) in [5.74, 6) is 0.0693. The van der Waals surface area contributed by atoms with Crippen LogP contribution in [0.15, 0.2) is 77.3 Å². The van der Waals surface area contributed by atoms with Crippen molar-refractivity contribution in [1.82, 2.24) is 10.1 Å². The molecular weight excluding hydrogens is 428 g/mol. The maximum atomic E-state index is 13.1. The van der Waals surface area contributed by atoms with Crippen molar-refractivity contribution in [3.63, 3.8) is 0 Å². The van der Waals surface area contributed by atoms with Gasteiger partial charge in [-0.25, -0.2) is 0 Å². The molecule has 0 spiro atoms. The first-order valence-electron chi connectivity index (χ1n) is 11.2. The summed E-state index contributed by atoms with van der Waals surface area (Å²) in [4.78, 5) is 31.9. The molecule has 1 fully saturated rings. The van der Waals surface area contributed by atoms with Gasteiger partial charge in [-0.05, 0) is 38.1 Å². The van der Waals surface area contributed by atoms with Crippen molar-refractivity contribution in [3.05, 3.63) is 83.9 Å². The predicted octanol–water partition coefficient (Wildman–Crippen LogP) is 5.01. The number of hydrogen-bond donors (Lipinski definition) is 1. The lowest BCUT2D eigenvalue weighted by Gasteiger charge is -2.17.